The number of allylic oxidation sites excluding steroid dienone is 1. The topological polar surface area (TPSA) is 182 Å². The number of carbonyl (C=O) groups excluding carboxylic acids is 1. The lowest BCUT2D eigenvalue weighted by atomic mass is 9.72. The molecule has 0 saturated carbocycles. The summed E-state index contributed by atoms with van der Waals surface area (Å²) in [5.41, 5.74) is 5.08. The molecule has 1 amide bonds. The van der Waals surface area contributed by atoms with Gasteiger partial charge in [-0.2, -0.15) is 4.98 Å². The number of nitro groups is 1. The number of carbonyl (C=O) groups is 1. The number of hydrogen-bond donors (Lipinski definition) is 4. The molecule has 4 N–H and O–H groups in total. The maximum Gasteiger partial charge on any atom is 0.293 e. The summed E-state index contributed by atoms with van der Waals surface area (Å²) in [4.78, 5) is 40.2. The van der Waals surface area contributed by atoms with Crippen molar-refractivity contribution in [2.75, 3.05) is 80.8 Å². The highest BCUT2D eigenvalue weighted by atomic mass is 35.5. The van der Waals surface area contributed by atoms with E-state index in [0.29, 0.717) is 29.4 Å². The molecule has 1 atom stereocenters. The van der Waals surface area contributed by atoms with Crippen molar-refractivity contribution in [2.24, 2.45) is 5.41 Å². The van der Waals surface area contributed by atoms with Gasteiger partial charge in [-0.05, 0) is 90.4 Å². The molecule has 65 heavy (non-hydrogen) atoms. The van der Waals surface area contributed by atoms with E-state index in [9.17, 15) is 19.1 Å². The van der Waals surface area contributed by atoms with Crippen LogP contribution in [0, 0.1) is 20.3 Å². The van der Waals surface area contributed by atoms with Gasteiger partial charge in [-0.15, -0.1) is 0 Å². The molecule has 5 heterocycles. The number of ether oxygens (including phenoxy) is 2. The van der Waals surface area contributed by atoms with E-state index in [-0.39, 0.29) is 60.8 Å². The largest absolute Gasteiger partial charge is 0.474 e. The number of nitrogens with one attached hydrogen (secondary N) is 4. The van der Waals surface area contributed by atoms with E-state index >= 15 is 4.39 Å². The smallest absolute Gasteiger partial charge is 0.293 e. The quantitative estimate of drug-likeness (QED) is 0.0692. The number of nitro benzene ring substituents is 1. The third-order valence-corrected chi connectivity index (χ3v) is 14.7. The molecule has 5 aromatic rings. The number of hydrogen-bond acceptors (Lipinski definition) is 12. The number of piperazine rings is 1. The molecule has 15 nitrogen and oxygen atoms in total. The van der Waals surface area contributed by atoms with E-state index in [1.165, 1.54) is 28.8 Å². The van der Waals surface area contributed by atoms with Gasteiger partial charge in [0.2, 0.25) is 5.88 Å². The molecule has 2 aromatic heterocycles. The van der Waals surface area contributed by atoms with Crippen molar-refractivity contribution >= 4 is 72.5 Å². The maximum atomic E-state index is 15.3. The zero-order valence-electron chi connectivity index (χ0n) is 36.5. The third kappa shape index (κ3) is 9.64. The first kappa shape index (κ1) is 44.5. The second-order valence-electron chi connectivity index (χ2n) is 18.2. The van der Waals surface area contributed by atoms with Crippen LogP contribution in [0.1, 0.15) is 61.9 Å². The van der Waals surface area contributed by atoms with Crippen molar-refractivity contribution in [3.8, 4) is 5.88 Å². The first-order chi connectivity index (χ1) is 31.1. The fourth-order valence-electron chi connectivity index (χ4n) is 9.29. The molecule has 1 aliphatic carbocycles. The Morgan fingerprint density at radius 1 is 0.985 bits per heavy atom. The first-order valence-electron chi connectivity index (χ1n) is 22.0. The first-order valence-corrected chi connectivity index (χ1v) is 23.9. The van der Waals surface area contributed by atoms with Crippen molar-refractivity contribution in [1.82, 2.24) is 19.6 Å². The van der Waals surface area contributed by atoms with Crippen LogP contribution in [-0.2, 0) is 14.7 Å². The Balaban J connectivity index is 0.976. The summed E-state index contributed by atoms with van der Waals surface area (Å²) in [7, 11) is -4.14. The number of aromatic amines is 1. The van der Waals surface area contributed by atoms with Crippen LogP contribution in [0.3, 0.4) is 0 Å². The van der Waals surface area contributed by atoms with Gasteiger partial charge in [-0.1, -0.05) is 43.2 Å². The summed E-state index contributed by atoms with van der Waals surface area (Å²) in [5.74, 6) is -0.417. The van der Waals surface area contributed by atoms with Crippen LogP contribution in [0.2, 0.25) is 5.02 Å². The molecule has 2 saturated heterocycles. The van der Waals surface area contributed by atoms with E-state index in [2.05, 4.69) is 50.8 Å². The predicted molar refractivity (Wildman–Crippen MR) is 252 cm³/mol. The van der Waals surface area contributed by atoms with Crippen LogP contribution >= 0.6 is 11.6 Å². The summed E-state index contributed by atoms with van der Waals surface area (Å²) in [6, 6.07) is 21.1. The maximum absolute atomic E-state index is 15.3. The van der Waals surface area contributed by atoms with Crippen LogP contribution in [-0.4, -0.2) is 101 Å². The molecule has 3 aliphatic heterocycles. The normalized spacial score (nSPS) is 19.6. The fraction of sp³-hybridized carbons (Fsp3) is 0.404. The minimum Gasteiger partial charge on any atom is -0.474 e. The highest BCUT2D eigenvalue weighted by Gasteiger charge is 2.34. The number of alkyl halides is 1. The van der Waals surface area contributed by atoms with Gasteiger partial charge in [0.1, 0.15) is 29.3 Å². The second-order valence-corrected chi connectivity index (χ2v) is 20.4. The van der Waals surface area contributed by atoms with E-state index in [0.717, 1.165) is 74.1 Å². The summed E-state index contributed by atoms with van der Waals surface area (Å²) < 4.78 is 51.9. The number of aromatic nitrogens is 2. The molecule has 18 heteroatoms. The average Bonchev–Trinajstić information content (AvgIpc) is 3.76. The number of fused-ring (bicyclic) bond motifs is 2. The molecule has 0 radical (unpaired) electrons. The van der Waals surface area contributed by atoms with Crippen LogP contribution in [0.4, 0.5) is 32.8 Å². The highest BCUT2D eigenvalue weighted by Crippen LogP contribution is 2.44. The number of amides is 1. The Hall–Kier alpha value is -5.75. The standard InChI is InChI=1S/C47H53ClFN9O6S/c1-46(2)13-11-33(38(28-46)31-3-5-34(48)6-4-31)29-55-17-19-56(20-18-55)35-7-9-37(40(26-35)57-21-24-64-45-42(57)25-32-12-16-51-43(32)53-45)44(59)54-65(50,62)36-8-10-39(41(27-36)58(60)61)52-30-47(49)14-22-63-23-15-47/h3-10,12,16,25-27,52H,11,13-15,17-24,28-30H2,1-2H3,(H,51,53)(H2,50,54,59,62). The number of halogens is 2. The molecule has 342 valence electrons. The minimum atomic E-state index is -4.14. The van der Waals surface area contributed by atoms with Crippen molar-refractivity contribution < 1.29 is 27.8 Å². The number of anilines is 4. The molecule has 0 spiro atoms. The summed E-state index contributed by atoms with van der Waals surface area (Å²) in [6.45, 7) is 9.68. The van der Waals surface area contributed by atoms with Gasteiger partial charge in [-0.25, -0.2) is 13.4 Å². The molecule has 1 unspecified atom stereocenters. The van der Waals surface area contributed by atoms with Gasteiger partial charge >= 0.3 is 0 Å². The van der Waals surface area contributed by atoms with Crippen LogP contribution in [0.25, 0.3) is 16.6 Å². The van der Waals surface area contributed by atoms with E-state index < -0.39 is 32.1 Å². The van der Waals surface area contributed by atoms with Crippen LogP contribution in [0.15, 0.2) is 89.5 Å². The Morgan fingerprint density at radius 2 is 1.75 bits per heavy atom. The number of H-pyrrole nitrogens is 1. The van der Waals surface area contributed by atoms with Gasteiger partial charge in [0.05, 0.1) is 27.6 Å². The molecule has 4 aliphatic rings. The molecule has 9 rings (SSSR count). The van der Waals surface area contributed by atoms with Gasteiger partial charge in [0.15, 0.2) is 9.92 Å². The molecule has 3 aromatic carbocycles. The van der Waals surface area contributed by atoms with Gasteiger partial charge in [0.25, 0.3) is 11.6 Å². The predicted octanol–water partition coefficient (Wildman–Crippen LogP) is 9.12. The SMILES string of the molecule is CC1(C)CCC(CN2CCN(c3ccc(C(=O)NS(=N)(=O)c4ccc(NCC5(F)CCOCC5)c([N+](=O)[O-])c4)c(N4CCOc5nc6[nH]ccc6cc54)c3)CC2)=C(c2ccc(Cl)cc2)C1. The molecule has 0 bridgehead atoms. The Bertz CT molecular complexity index is 2770. The van der Waals surface area contributed by atoms with Gasteiger partial charge < -0.3 is 29.6 Å². The second kappa shape index (κ2) is 17.9. The Morgan fingerprint density at radius 3 is 2.51 bits per heavy atom. The zero-order valence-corrected chi connectivity index (χ0v) is 38.0. The average molecular weight is 927 g/mol. The molecule has 2 fully saturated rings. The Kier molecular flexibility index (Phi) is 12.2. The number of rotatable bonds is 12. The summed E-state index contributed by atoms with van der Waals surface area (Å²) in [6.07, 6.45) is 5.27. The minimum absolute atomic E-state index is 0.0106. The van der Waals surface area contributed by atoms with Gasteiger partial charge in [0, 0.05) is 93.7 Å². The third-order valence-electron chi connectivity index (χ3n) is 13.1. The lowest BCUT2D eigenvalue weighted by Crippen LogP contribution is -2.47. The molecular weight excluding hydrogens is 873 g/mol. The van der Waals surface area contributed by atoms with Crippen molar-refractivity contribution in [2.45, 2.75) is 56.5 Å². The van der Waals surface area contributed by atoms with Crippen molar-refractivity contribution in [3.05, 3.63) is 111 Å². The zero-order chi connectivity index (χ0) is 45.5. The van der Waals surface area contributed by atoms with Crippen molar-refractivity contribution in [3.63, 3.8) is 0 Å². The highest BCUT2D eigenvalue weighted by molar-refractivity contribution is 7.91. The van der Waals surface area contributed by atoms with Gasteiger partial charge in [-0.3, -0.25) is 24.5 Å². The number of nitrogens with zero attached hydrogens (tertiary/aromatic N) is 5. The van der Waals surface area contributed by atoms with E-state index in [4.69, 9.17) is 30.8 Å². The van der Waals surface area contributed by atoms with Crippen molar-refractivity contribution in [1.29, 1.82) is 4.78 Å². The fourth-order valence-corrected chi connectivity index (χ4v) is 10.4. The molecular formula is C47H53ClFN9O6S. The van der Waals surface area contributed by atoms with E-state index in [1.54, 1.807) is 12.3 Å². The summed E-state index contributed by atoms with van der Waals surface area (Å²) in [5, 5.41) is 16.6. The lowest BCUT2D eigenvalue weighted by molar-refractivity contribution is -0.384. The van der Waals surface area contributed by atoms with Crippen LogP contribution in [0.5, 0.6) is 5.88 Å². The summed E-state index contributed by atoms with van der Waals surface area (Å²) >= 11 is 6.26. The van der Waals surface area contributed by atoms with Crippen LogP contribution < -0.4 is 24.6 Å². The monoisotopic (exact) mass is 925 g/mol. The number of benzene rings is 3. The Labute approximate surface area is 382 Å². The number of pyridine rings is 1. The van der Waals surface area contributed by atoms with E-state index in [1.807, 2.05) is 41.3 Å². The lowest BCUT2D eigenvalue weighted by Gasteiger charge is -2.40.